The topological polar surface area (TPSA) is 137 Å². The molecule has 0 spiro atoms. The van der Waals surface area contributed by atoms with Gasteiger partial charge in [-0.3, -0.25) is 4.79 Å². The van der Waals surface area contributed by atoms with Crippen LogP contribution in [0.4, 0.5) is 4.79 Å². The van der Waals surface area contributed by atoms with Crippen LogP contribution in [0.3, 0.4) is 0 Å². The fourth-order valence-electron chi connectivity index (χ4n) is 2.58. The molecule has 9 nitrogen and oxygen atoms in total. The minimum absolute atomic E-state index is 0.0258. The third-order valence-electron chi connectivity index (χ3n) is 4.38. The summed E-state index contributed by atoms with van der Waals surface area (Å²) in [6, 6.07) is 13.7. The van der Waals surface area contributed by atoms with Gasteiger partial charge in [0.2, 0.25) is 15.9 Å². The molecule has 0 aromatic heterocycles. The van der Waals surface area contributed by atoms with E-state index in [1.54, 1.807) is 18.2 Å². The number of carbonyl (C=O) groups excluding carboxylic acids is 2. The summed E-state index contributed by atoms with van der Waals surface area (Å²) in [4.78, 5) is 24.2. The maximum atomic E-state index is 12.2. The molecule has 0 bridgehead atoms. The molecule has 0 aliphatic carbocycles. The number of carbonyl (C=O) groups is 2. The zero-order chi connectivity index (χ0) is 28.3. The van der Waals surface area contributed by atoms with Gasteiger partial charge in [0.15, 0.2) is 0 Å². The monoisotopic (exact) mass is 534 g/mol. The van der Waals surface area contributed by atoms with E-state index in [1.807, 2.05) is 31.2 Å². The number of benzene rings is 2. The summed E-state index contributed by atoms with van der Waals surface area (Å²) < 4.78 is 26.5. The average Bonchev–Trinajstić information content (AvgIpc) is 2.86. The molecule has 2 aromatic rings. The Kier molecular flexibility index (Phi) is 17.1. The van der Waals surface area contributed by atoms with Crippen LogP contribution in [-0.2, 0) is 21.4 Å². The Morgan fingerprint density at radius 1 is 0.919 bits per heavy atom. The minimum Gasteiger partial charge on any atom is -0.511 e. The van der Waals surface area contributed by atoms with Gasteiger partial charge in [0.1, 0.15) is 11.8 Å². The molecular weight excluding hydrogens is 492 g/mol. The van der Waals surface area contributed by atoms with Gasteiger partial charge in [-0.05, 0) is 30.2 Å². The SMILES string of the molecule is C=C(O)C(CNC(=O)NCc1ccccc1C)NC(=O)CNS(=O)(=O)c1ccccc1.CCC.CCC. The van der Waals surface area contributed by atoms with Crippen molar-refractivity contribution in [2.24, 2.45) is 0 Å². The first-order valence-corrected chi connectivity index (χ1v) is 13.8. The Balaban J connectivity index is 0.00000196. The Hall–Kier alpha value is -3.37. The van der Waals surface area contributed by atoms with Crippen molar-refractivity contribution in [1.82, 2.24) is 20.7 Å². The molecule has 0 aliphatic heterocycles. The number of aryl methyl sites for hydroxylation is 1. The molecule has 37 heavy (non-hydrogen) atoms. The number of aliphatic hydroxyl groups excluding tert-OH is 1. The van der Waals surface area contributed by atoms with Crippen molar-refractivity contribution in [3.05, 3.63) is 78.1 Å². The molecule has 5 N–H and O–H groups in total. The maximum Gasteiger partial charge on any atom is 0.315 e. The highest BCUT2D eigenvalue weighted by molar-refractivity contribution is 7.89. The van der Waals surface area contributed by atoms with Crippen LogP contribution in [0.1, 0.15) is 51.7 Å². The molecule has 1 unspecified atom stereocenters. The minimum atomic E-state index is -3.85. The van der Waals surface area contributed by atoms with Crippen molar-refractivity contribution >= 4 is 22.0 Å². The van der Waals surface area contributed by atoms with Gasteiger partial charge in [0, 0.05) is 13.1 Å². The van der Waals surface area contributed by atoms with Gasteiger partial charge in [-0.25, -0.2) is 17.9 Å². The van der Waals surface area contributed by atoms with E-state index < -0.39 is 34.5 Å². The van der Waals surface area contributed by atoms with E-state index in [9.17, 15) is 23.1 Å². The highest BCUT2D eigenvalue weighted by Gasteiger charge is 2.19. The average molecular weight is 535 g/mol. The molecule has 2 rings (SSSR count). The molecule has 1 atom stereocenters. The first kappa shape index (κ1) is 33.6. The van der Waals surface area contributed by atoms with E-state index in [4.69, 9.17) is 0 Å². The van der Waals surface area contributed by atoms with E-state index in [1.165, 1.54) is 25.0 Å². The largest absolute Gasteiger partial charge is 0.511 e. The Morgan fingerprint density at radius 2 is 1.46 bits per heavy atom. The van der Waals surface area contributed by atoms with Crippen molar-refractivity contribution in [3.8, 4) is 0 Å². The quantitative estimate of drug-likeness (QED) is 0.292. The van der Waals surface area contributed by atoms with E-state index in [0.29, 0.717) is 6.54 Å². The zero-order valence-corrected chi connectivity index (χ0v) is 23.3. The molecule has 10 heteroatoms. The summed E-state index contributed by atoms with van der Waals surface area (Å²) in [5.41, 5.74) is 1.99. The summed E-state index contributed by atoms with van der Waals surface area (Å²) in [6.07, 6.45) is 2.50. The van der Waals surface area contributed by atoms with Crippen molar-refractivity contribution in [1.29, 1.82) is 0 Å². The Morgan fingerprint density at radius 3 is 2.00 bits per heavy atom. The van der Waals surface area contributed by atoms with Crippen LogP contribution in [0.15, 0.2) is 71.8 Å². The van der Waals surface area contributed by atoms with Crippen LogP contribution >= 0.6 is 0 Å². The molecule has 0 saturated heterocycles. The van der Waals surface area contributed by atoms with Crippen molar-refractivity contribution in [2.45, 2.75) is 64.9 Å². The van der Waals surface area contributed by atoms with Crippen LogP contribution in [0.5, 0.6) is 0 Å². The lowest BCUT2D eigenvalue weighted by Crippen LogP contribution is -2.49. The highest BCUT2D eigenvalue weighted by atomic mass is 32.2. The van der Waals surface area contributed by atoms with E-state index in [2.05, 4.69) is 54.9 Å². The van der Waals surface area contributed by atoms with Gasteiger partial charge in [-0.15, -0.1) is 0 Å². The van der Waals surface area contributed by atoms with Crippen molar-refractivity contribution in [3.63, 3.8) is 0 Å². The van der Waals surface area contributed by atoms with Gasteiger partial charge in [0.05, 0.1) is 11.4 Å². The van der Waals surface area contributed by atoms with Gasteiger partial charge < -0.3 is 21.1 Å². The lowest BCUT2D eigenvalue weighted by Gasteiger charge is -2.19. The van der Waals surface area contributed by atoms with Crippen molar-refractivity contribution < 1.29 is 23.1 Å². The predicted molar refractivity (Wildman–Crippen MR) is 149 cm³/mol. The zero-order valence-electron chi connectivity index (χ0n) is 22.5. The number of hydrogen-bond acceptors (Lipinski definition) is 5. The number of sulfonamides is 1. The van der Waals surface area contributed by atoms with Gasteiger partial charge in [0.25, 0.3) is 0 Å². The summed E-state index contributed by atoms with van der Waals surface area (Å²) in [5, 5.41) is 17.3. The molecule has 0 saturated carbocycles. The lowest BCUT2D eigenvalue weighted by molar-refractivity contribution is -0.120. The predicted octanol–water partition coefficient (Wildman–Crippen LogP) is 4.16. The maximum absolute atomic E-state index is 12.2. The molecule has 0 aliphatic rings. The number of rotatable bonds is 10. The summed E-state index contributed by atoms with van der Waals surface area (Å²) >= 11 is 0. The van der Waals surface area contributed by atoms with E-state index >= 15 is 0 Å². The third-order valence-corrected chi connectivity index (χ3v) is 5.80. The number of hydrogen-bond donors (Lipinski definition) is 5. The second-order valence-corrected chi connectivity index (χ2v) is 9.92. The second kappa shape index (κ2) is 18.8. The van der Waals surface area contributed by atoms with Gasteiger partial charge in [-0.2, -0.15) is 0 Å². The van der Waals surface area contributed by atoms with Gasteiger partial charge >= 0.3 is 6.03 Å². The molecular formula is C27H42N4O5S. The number of urea groups is 1. The smallest absolute Gasteiger partial charge is 0.315 e. The first-order chi connectivity index (χ1) is 17.5. The van der Waals surface area contributed by atoms with Gasteiger partial charge in [-0.1, -0.05) is 89.6 Å². The Bertz CT molecular complexity index is 1060. The molecule has 0 heterocycles. The molecule has 2 aromatic carbocycles. The number of aliphatic hydroxyl groups is 1. The van der Waals surface area contributed by atoms with Crippen LogP contribution in [0.25, 0.3) is 0 Å². The fourth-order valence-corrected chi connectivity index (χ4v) is 3.59. The highest BCUT2D eigenvalue weighted by Crippen LogP contribution is 2.07. The van der Waals surface area contributed by atoms with E-state index in [-0.39, 0.29) is 17.2 Å². The summed E-state index contributed by atoms with van der Waals surface area (Å²) in [5.74, 6) is -1.07. The molecule has 0 radical (unpaired) electrons. The third kappa shape index (κ3) is 14.7. The van der Waals surface area contributed by atoms with Crippen LogP contribution < -0.4 is 20.7 Å². The summed E-state index contributed by atoms with van der Waals surface area (Å²) in [6.45, 7) is 13.5. The second-order valence-electron chi connectivity index (χ2n) is 8.15. The first-order valence-electron chi connectivity index (χ1n) is 12.3. The van der Waals surface area contributed by atoms with Crippen LogP contribution in [0, 0.1) is 6.92 Å². The fraction of sp³-hybridized carbons (Fsp3) is 0.407. The van der Waals surface area contributed by atoms with Crippen LogP contribution in [-0.4, -0.2) is 44.6 Å². The molecule has 206 valence electrons. The molecule has 3 amide bonds. The number of nitrogens with one attached hydrogen (secondary N) is 4. The van der Waals surface area contributed by atoms with Crippen molar-refractivity contribution in [2.75, 3.05) is 13.1 Å². The van der Waals surface area contributed by atoms with Crippen LogP contribution in [0.2, 0.25) is 0 Å². The van der Waals surface area contributed by atoms with E-state index in [0.717, 1.165) is 11.1 Å². The number of amides is 3. The normalized spacial score (nSPS) is 10.9. The molecule has 0 fully saturated rings. The standard InChI is InChI=1S/C21H26N4O5S.2C3H8/c1-15-8-6-7-9-17(15)12-22-21(28)23-13-19(16(2)26)25-20(27)14-24-31(29,30)18-10-4-3-5-11-18;2*1-3-2/h3-11,19,24,26H,2,12-14H2,1H3,(H,25,27)(H2,22,23,28);2*3H2,1-2H3. The summed E-state index contributed by atoms with van der Waals surface area (Å²) in [7, 11) is -3.85. The lowest BCUT2D eigenvalue weighted by atomic mass is 10.1. The Labute approximate surface area is 221 Å².